The molecule has 0 radical (unpaired) electrons. The molecule has 108 valence electrons. The van der Waals surface area contributed by atoms with Crippen LogP contribution in [0.1, 0.15) is 23.6 Å². The number of fused-ring (bicyclic) bond motifs is 1. The van der Waals surface area contributed by atoms with Crippen molar-refractivity contribution in [2.45, 2.75) is 33.3 Å². The van der Waals surface area contributed by atoms with Crippen LogP contribution >= 0.6 is 0 Å². The zero-order valence-electron chi connectivity index (χ0n) is 11.9. The maximum Gasteiger partial charge on any atom is 0.308 e. The first kappa shape index (κ1) is 14.4. The lowest BCUT2D eigenvalue weighted by Crippen LogP contribution is -2.40. The number of rotatable bonds is 4. The van der Waals surface area contributed by atoms with Crippen LogP contribution in [0.4, 0.5) is 0 Å². The van der Waals surface area contributed by atoms with E-state index in [1.165, 1.54) is 5.56 Å². The summed E-state index contributed by atoms with van der Waals surface area (Å²) in [5.41, 5.74) is 3.33. The lowest BCUT2D eigenvalue weighted by atomic mass is 10.0. The Balaban J connectivity index is 1.97. The molecule has 1 amide bonds. The number of ether oxygens (including phenoxy) is 1. The van der Waals surface area contributed by atoms with E-state index in [1.807, 2.05) is 26.0 Å². The Morgan fingerprint density at radius 3 is 2.70 bits per heavy atom. The monoisotopic (exact) mass is 277 g/mol. The average Bonchev–Trinajstić information content (AvgIpc) is 2.78. The van der Waals surface area contributed by atoms with Crippen molar-refractivity contribution in [3.63, 3.8) is 0 Å². The number of carbonyl (C=O) groups excluding carboxylic acids is 1. The molecule has 0 aromatic heterocycles. The van der Waals surface area contributed by atoms with Crippen LogP contribution in [-0.4, -0.2) is 29.6 Å². The van der Waals surface area contributed by atoms with Gasteiger partial charge in [-0.3, -0.25) is 9.59 Å². The van der Waals surface area contributed by atoms with E-state index >= 15 is 0 Å². The fourth-order valence-electron chi connectivity index (χ4n) is 2.11. The van der Waals surface area contributed by atoms with Crippen molar-refractivity contribution in [2.24, 2.45) is 5.92 Å². The molecule has 1 aromatic carbocycles. The molecule has 2 atom stereocenters. The van der Waals surface area contributed by atoms with Gasteiger partial charge in [-0.15, -0.1) is 0 Å². The molecule has 2 N–H and O–H groups in total. The molecular formula is C15H19NO4. The molecule has 1 aliphatic heterocycles. The fraction of sp³-hybridized carbons (Fsp3) is 0.467. The van der Waals surface area contributed by atoms with Crippen molar-refractivity contribution in [2.75, 3.05) is 6.54 Å². The summed E-state index contributed by atoms with van der Waals surface area (Å²) in [5, 5.41) is 11.4. The molecule has 0 fully saturated rings. The summed E-state index contributed by atoms with van der Waals surface area (Å²) in [6.07, 6.45) is -0.0313. The third-order valence-electron chi connectivity index (χ3n) is 3.65. The molecule has 20 heavy (non-hydrogen) atoms. The van der Waals surface area contributed by atoms with E-state index in [-0.39, 0.29) is 12.5 Å². The third kappa shape index (κ3) is 2.92. The lowest BCUT2D eigenvalue weighted by molar-refractivity contribution is -0.141. The molecule has 0 bridgehead atoms. The molecule has 2 rings (SSSR count). The summed E-state index contributed by atoms with van der Waals surface area (Å²) < 4.78 is 5.64. The first-order valence-corrected chi connectivity index (χ1v) is 6.65. The van der Waals surface area contributed by atoms with Crippen molar-refractivity contribution >= 4 is 11.9 Å². The lowest BCUT2D eigenvalue weighted by Gasteiger charge is -2.13. The maximum absolute atomic E-state index is 12.0. The predicted octanol–water partition coefficient (Wildman–Crippen LogP) is 1.44. The van der Waals surface area contributed by atoms with Crippen LogP contribution in [0.5, 0.6) is 5.75 Å². The zero-order valence-corrected chi connectivity index (χ0v) is 11.9. The molecule has 0 unspecified atom stereocenters. The number of amides is 1. The first-order valence-electron chi connectivity index (χ1n) is 6.65. The van der Waals surface area contributed by atoms with Crippen LogP contribution in [0, 0.1) is 19.8 Å². The topological polar surface area (TPSA) is 75.6 Å². The third-order valence-corrected chi connectivity index (χ3v) is 3.65. The Labute approximate surface area is 117 Å². The smallest absolute Gasteiger partial charge is 0.308 e. The average molecular weight is 277 g/mol. The number of hydrogen-bond acceptors (Lipinski definition) is 3. The van der Waals surface area contributed by atoms with Gasteiger partial charge in [0.05, 0.1) is 5.92 Å². The van der Waals surface area contributed by atoms with E-state index in [1.54, 1.807) is 6.92 Å². The highest BCUT2D eigenvalue weighted by atomic mass is 16.5. The van der Waals surface area contributed by atoms with Gasteiger partial charge in [0, 0.05) is 13.0 Å². The van der Waals surface area contributed by atoms with Crippen LogP contribution in [0.3, 0.4) is 0 Å². The van der Waals surface area contributed by atoms with Crippen LogP contribution in [0.25, 0.3) is 0 Å². The number of nitrogens with one attached hydrogen (secondary N) is 1. The van der Waals surface area contributed by atoms with Crippen molar-refractivity contribution in [3.05, 3.63) is 28.8 Å². The number of aliphatic carboxylic acids is 1. The molecule has 5 heteroatoms. The van der Waals surface area contributed by atoms with Gasteiger partial charge in [0.15, 0.2) is 6.10 Å². The summed E-state index contributed by atoms with van der Waals surface area (Å²) in [5.74, 6) is -1.04. The standard InChI is InChI=1S/C15H19NO4/c1-8-4-11-6-13(20-12(11)5-9(8)2)14(17)16-7-10(3)15(18)19/h4-5,10,13H,6-7H2,1-3H3,(H,16,17)(H,18,19)/t10-,13-/m0/s1. The Bertz CT molecular complexity index is 522. The van der Waals surface area contributed by atoms with Gasteiger partial charge in [-0.1, -0.05) is 13.0 Å². The molecule has 0 saturated carbocycles. The van der Waals surface area contributed by atoms with Crippen LogP contribution < -0.4 is 10.1 Å². The van der Waals surface area contributed by atoms with E-state index in [9.17, 15) is 9.59 Å². The summed E-state index contributed by atoms with van der Waals surface area (Å²) in [6, 6.07) is 3.98. The van der Waals surface area contributed by atoms with E-state index in [0.717, 1.165) is 16.9 Å². The van der Waals surface area contributed by atoms with Crippen LogP contribution in [0.2, 0.25) is 0 Å². The maximum atomic E-state index is 12.0. The van der Waals surface area contributed by atoms with Gasteiger partial charge in [0.2, 0.25) is 0 Å². The van der Waals surface area contributed by atoms with Crippen molar-refractivity contribution in [1.29, 1.82) is 0 Å². The number of carboxylic acid groups (broad SMARTS) is 1. The normalized spacial score (nSPS) is 18.1. The Hall–Kier alpha value is -2.04. The van der Waals surface area contributed by atoms with Gasteiger partial charge >= 0.3 is 5.97 Å². The highest BCUT2D eigenvalue weighted by Gasteiger charge is 2.29. The minimum absolute atomic E-state index is 0.114. The predicted molar refractivity (Wildman–Crippen MR) is 73.8 cm³/mol. The Morgan fingerprint density at radius 2 is 2.05 bits per heavy atom. The quantitative estimate of drug-likeness (QED) is 0.873. The summed E-state index contributed by atoms with van der Waals surface area (Å²) in [4.78, 5) is 22.7. The summed E-state index contributed by atoms with van der Waals surface area (Å²) >= 11 is 0. The molecule has 0 spiro atoms. The molecule has 0 saturated heterocycles. The second-order valence-electron chi connectivity index (χ2n) is 5.34. The number of benzene rings is 1. The van der Waals surface area contributed by atoms with Gasteiger partial charge in [0.25, 0.3) is 5.91 Å². The molecule has 5 nitrogen and oxygen atoms in total. The van der Waals surface area contributed by atoms with E-state index in [0.29, 0.717) is 6.42 Å². The van der Waals surface area contributed by atoms with E-state index < -0.39 is 18.0 Å². The SMILES string of the molecule is Cc1cc2c(cc1C)O[C@H](C(=O)NC[C@H](C)C(=O)O)C2. The zero-order chi connectivity index (χ0) is 14.9. The van der Waals surface area contributed by atoms with Crippen molar-refractivity contribution < 1.29 is 19.4 Å². The number of carbonyl (C=O) groups is 2. The first-order chi connectivity index (χ1) is 9.38. The van der Waals surface area contributed by atoms with Gasteiger partial charge < -0.3 is 15.2 Å². The summed E-state index contributed by atoms with van der Waals surface area (Å²) in [6.45, 7) is 5.69. The van der Waals surface area contributed by atoms with Crippen molar-refractivity contribution in [3.8, 4) is 5.75 Å². The van der Waals surface area contributed by atoms with E-state index in [2.05, 4.69) is 5.32 Å². The molecule has 0 aliphatic carbocycles. The number of hydrogen-bond donors (Lipinski definition) is 2. The van der Waals surface area contributed by atoms with Gasteiger partial charge in [-0.05, 0) is 36.6 Å². The van der Waals surface area contributed by atoms with Crippen LogP contribution in [-0.2, 0) is 16.0 Å². The Morgan fingerprint density at radius 1 is 1.40 bits per heavy atom. The highest BCUT2D eigenvalue weighted by Crippen LogP contribution is 2.31. The molecule has 1 heterocycles. The number of aryl methyl sites for hydroxylation is 2. The largest absolute Gasteiger partial charge is 0.481 e. The minimum Gasteiger partial charge on any atom is -0.481 e. The van der Waals surface area contributed by atoms with Crippen molar-refractivity contribution in [1.82, 2.24) is 5.32 Å². The van der Waals surface area contributed by atoms with Gasteiger partial charge in [-0.25, -0.2) is 0 Å². The number of carboxylic acids is 1. The van der Waals surface area contributed by atoms with Crippen LogP contribution in [0.15, 0.2) is 12.1 Å². The molecule has 1 aliphatic rings. The highest BCUT2D eigenvalue weighted by molar-refractivity contribution is 5.83. The van der Waals surface area contributed by atoms with Gasteiger partial charge in [0.1, 0.15) is 5.75 Å². The van der Waals surface area contributed by atoms with Gasteiger partial charge in [-0.2, -0.15) is 0 Å². The second-order valence-corrected chi connectivity index (χ2v) is 5.34. The Kier molecular flexibility index (Phi) is 3.97. The summed E-state index contributed by atoms with van der Waals surface area (Å²) in [7, 11) is 0. The molecular weight excluding hydrogens is 258 g/mol. The minimum atomic E-state index is -0.924. The molecule has 1 aromatic rings. The fourth-order valence-corrected chi connectivity index (χ4v) is 2.11. The van der Waals surface area contributed by atoms with E-state index in [4.69, 9.17) is 9.84 Å². The second kappa shape index (κ2) is 5.53.